The van der Waals surface area contributed by atoms with E-state index in [2.05, 4.69) is 20.9 Å². The molecule has 0 bridgehead atoms. The Bertz CT molecular complexity index is 1070. The van der Waals surface area contributed by atoms with Gasteiger partial charge in [-0.2, -0.15) is 15.2 Å². The molecule has 1 aromatic rings. The minimum absolute atomic E-state index is 0.0319. The zero-order chi connectivity index (χ0) is 27.3. The van der Waals surface area contributed by atoms with Gasteiger partial charge in [0.25, 0.3) is 0 Å². The third kappa shape index (κ3) is 6.73. The molecule has 2 saturated heterocycles. The summed E-state index contributed by atoms with van der Waals surface area (Å²) in [5.41, 5.74) is -1.89. The average Bonchev–Trinajstić information content (AvgIpc) is 3.25. The van der Waals surface area contributed by atoms with Crippen LogP contribution < -0.4 is 9.64 Å². The number of anilines is 1. The normalized spacial score (nSPS) is 20.3. The zero-order valence-electron chi connectivity index (χ0n) is 21.8. The predicted octanol–water partition coefficient (Wildman–Crippen LogP) is 1.98. The molecule has 0 saturated carbocycles. The van der Waals surface area contributed by atoms with Gasteiger partial charge < -0.3 is 28.9 Å². The summed E-state index contributed by atoms with van der Waals surface area (Å²) in [4.78, 5) is 50.0. The van der Waals surface area contributed by atoms with Gasteiger partial charge in [-0.3, -0.25) is 10.1 Å². The topological polar surface area (TPSA) is 164 Å². The molecule has 0 spiro atoms. The molecule has 1 aromatic heterocycles. The number of carbonyl (C=O) groups is 2. The number of nitrogens with zero attached hydrogens (tertiary/aromatic N) is 7. The van der Waals surface area contributed by atoms with Crippen molar-refractivity contribution in [3.63, 3.8) is 0 Å². The van der Waals surface area contributed by atoms with Gasteiger partial charge in [0.1, 0.15) is 12.2 Å². The van der Waals surface area contributed by atoms with Gasteiger partial charge in [-0.05, 0) is 47.2 Å². The van der Waals surface area contributed by atoms with E-state index in [0.717, 1.165) is 26.5 Å². The van der Waals surface area contributed by atoms with E-state index < -0.39 is 40.0 Å². The molecule has 0 unspecified atom stereocenters. The van der Waals surface area contributed by atoms with Crippen LogP contribution >= 0.6 is 0 Å². The number of esters is 1. The second-order valence-corrected chi connectivity index (χ2v) is 10.00. The van der Waals surface area contributed by atoms with Crippen LogP contribution in [0.2, 0.25) is 0 Å². The monoisotopic (exact) mass is 519 g/mol. The lowest BCUT2D eigenvalue weighted by Crippen LogP contribution is -2.56. The number of likely N-dealkylation sites (N-methyl/N-ethyl adjacent to an activating group) is 1. The summed E-state index contributed by atoms with van der Waals surface area (Å²) >= 11 is 0. The van der Waals surface area contributed by atoms with Crippen molar-refractivity contribution in [2.75, 3.05) is 51.8 Å². The van der Waals surface area contributed by atoms with E-state index >= 15 is 0 Å². The minimum atomic E-state index is -1.00. The number of methoxy groups -OCH3 is 1. The number of hydrogen-bond acceptors (Lipinski definition) is 12. The quantitative estimate of drug-likeness (QED) is 0.293. The highest BCUT2D eigenvalue weighted by Gasteiger charge is 2.39. The highest BCUT2D eigenvalue weighted by atomic mass is 16.6. The molecule has 0 aromatic carbocycles. The van der Waals surface area contributed by atoms with E-state index in [4.69, 9.17) is 14.2 Å². The van der Waals surface area contributed by atoms with E-state index in [9.17, 15) is 25.0 Å². The lowest BCUT2D eigenvalue weighted by Gasteiger charge is -2.41. The number of nitro groups is 1. The SMILES string of the molecule is COC(=O)c1nc(OC[C@@H]2CCCN2C)nc(N2CCN(C(=O)OC(C)(C)C)[C@@H](CC#N)C2)c1[N+](=O)[O-]. The number of likely N-dealkylation sites (tertiary alicyclic amines) is 1. The average molecular weight is 520 g/mol. The molecule has 2 aliphatic heterocycles. The maximum absolute atomic E-state index is 12.7. The van der Waals surface area contributed by atoms with Gasteiger partial charge in [0.2, 0.25) is 11.5 Å². The lowest BCUT2D eigenvalue weighted by atomic mass is 10.1. The third-order valence-corrected chi connectivity index (χ3v) is 6.22. The molecule has 37 heavy (non-hydrogen) atoms. The van der Waals surface area contributed by atoms with E-state index in [0.29, 0.717) is 0 Å². The van der Waals surface area contributed by atoms with Gasteiger partial charge in [0.15, 0.2) is 0 Å². The summed E-state index contributed by atoms with van der Waals surface area (Å²) in [6.45, 7) is 6.71. The minimum Gasteiger partial charge on any atom is -0.464 e. The molecule has 14 heteroatoms. The fraction of sp³-hybridized carbons (Fsp3) is 0.696. The molecule has 0 radical (unpaired) electrons. The van der Waals surface area contributed by atoms with Gasteiger partial charge in [0.05, 0.1) is 30.6 Å². The van der Waals surface area contributed by atoms with Crippen molar-refractivity contribution in [3.05, 3.63) is 15.8 Å². The van der Waals surface area contributed by atoms with Crippen molar-refractivity contribution in [2.24, 2.45) is 0 Å². The van der Waals surface area contributed by atoms with Crippen LogP contribution in [0.1, 0.15) is 50.5 Å². The van der Waals surface area contributed by atoms with Gasteiger partial charge in [-0.15, -0.1) is 0 Å². The predicted molar refractivity (Wildman–Crippen MR) is 130 cm³/mol. The van der Waals surface area contributed by atoms with Crippen LogP contribution in [0.3, 0.4) is 0 Å². The molecule has 0 aliphatic carbocycles. The van der Waals surface area contributed by atoms with Gasteiger partial charge in [-0.25, -0.2) is 9.59 Å². The molecule has 2 atom stereocenters. The molecule has 3 rings (SSSR count). The summed E-state index contributed by atoms with van der Waals surface area (Å²) in [5.74, 6) is -1.14. The van der Waals surface area contributed by atoms with Crippen LogP contribution in [0.25, 0.3) is 0 Å². The maximum Gasteiger partial charge on any atom is 0.410 e. The Morgan fingerprint density at radius 2 is 1.95 bits per heavy atom. The largest absolute Gasteiger partial charge is 0.464 e. The molecular weight excluding hydrogens is 486 g/mol. The Labute approximate surface area is 215 Å². The van der Waals surface area contributed by atoms with E-state index in [-0.39, 0.29) is 50.5 Å². The number of aromatic nitrogens is 2. The fourth-order valence-electron chi connectivity index (χ4n) is 4.36. The van der Waals surface area contributed by atoms with Crippen molar-refractivity contribution in [1.29, 1.82) is 5.26 Å². The molecule has 3 heterocycles. The molecule has 202 valence electrons. The van der Waals surface area contributed by atoms with Gasteiger partial charge >= 0.3 is 23.8 Å². The van der Waals surface area contributed by atoms with Crippen LogP contribution in [-0.4, -0.2) is 101 Å². The summed E-state index contributed by atoms with van der Waals surface area (Å²) in [7, 11) is 3.08. The number of hydrogen-bond donors (Lipinski definition) is 0. The highest BCUT2D eigenvalue weighted by molar-refractivity contribution is 5.94. The molecule has 14 nitrogen and oxygen atoms in total. The van der Waals surface area contributed by atoms with Crippen LogP contribution in [0.4, 0.5) is 16.3 Å². The van der Waals surface area contributed by atoms with Crippen LogP contribution in [0.15, 0.2) is 0 Å². The second kappa shape index (κ2) is 11.5. The first-order valence-electron chi connectivity index (χ1n) is 12.0. The summed E-state index contributed by atoms with van der Waals surface area (Å²) in [6.07, 6.45) is 1.33. The van der Waals surface area contributed by atoms with Crippen molar-refractivity contribution < 1.29 is 28.7 Å². The Morgan fingerprint density at radius 3 is 2.51 bits per heavy atom. The molecular formula is C23H33N7O7. The first-order valence-corrected chi connectivity index (χ1v) is 12.0. The fourth-order valence-corrected chi connectivity index (χ4v) is 4.36. The van der Waals surface area contributed by atoms with Crippen molar-refractivity contribution >= 4 is 23.6 Å². The maximum atomic E-state index is 12.7. The molecule has 0 N–H and O–H groups in total. The summed E-state index contributed by atoms with van der Waals surface area (Å²) in [5, 5.41) is 21.4. The van der Waals surface area contributed by atoms with Crippen LogP contribution in [0.5, 0.6) is 6.01 Å². The number of amides is 1. The van der Waals surface area contributed by atoms with E-state index in [1.54, 1.807) is 25.7 Å². The molecule has 2 aliphatic rings. The van der Waals surface area contributed by atoms with Crippen molar-refractivity contribution in [1.82, 2.24) is 19.8 Å². The van der Waals surface area contributed by atoms with E-state index in [1.165, 1.54) is 4.90 Å². The van der Waals surface area contributed by atoms with Gasteiger partial charge in [-0.1, -0.05) is 0 Å². The Morgan fingerprint density at radius 1 is 1.22 bits per heavy atom. The lowest BCUT2D eigenvalue weighted by molar-refractivity contribution is -0.385. The number of carbonyl (C=O) groups excluding carboxylic acids is 2. The standard InChI is InChI=1S/C23H33N7O7/c1-23(2,3)37-22(32)29-12-11-28(13-15(29)8-9-24)19-18(30(33)34)17(20(31)35-5)25-21(26-19)36-14-16-7-6-10-27(16)4/h15-16H,6-8,10-14H2,1-5H3/t15-,16-/m0/s1. The summed E-state index contributed by atoms with van der Waals surface area (Å²) in [6, 6.07) is 1.37. The smallest absolute Gasteiger partial charge is 0.410 e. The van der Waals surface area contributed by atoms with Crippen LogP contribution in [-0.2, 0) is 9.47 Å². The number of rotatable bonds is 7. The van der Waals surface area contributed by atoms with Crippen molar-refractivity contribution in [3.8, 4) is 12.1 Å². The summed E-state index contributed by atoms with van der Waals surface area (Å²) < 4.78 is 16.0. The molecule has 1 amide bonds. The Balaban J connectivity index is 1.95. The van der Waals surface area contributed by atoms with Gasteiger partial charge in [0, 0.05) is 25.7 Å². The first kappa shape index (κ1) is 27.9. The Hall–Kier alpha value is -3.73. The molecule has 2 fully saturated rings. The third-order valence-electron chi connectivity index (χ3n) is 6.22. The highest BCUT2D eigenvalue weighted by Crippen LogP contribution is 2.33. The van der Waals surface area contributed by atoms with Crippen LogP contribution in [0, 0.1) is 21.4 Å². The number of piperazine rings is 1. The zero-order valence-corrected chi connectivity index (χ0v) is 21.8. The first-order chi connectivity index (χ1) is 17.4. The van der Waals surface area contributed by atoms with Crippen molar-refractivity contribution in [2.45, 2.75) is 57.7 Å². The second-order valence-electron chi connectivity index (χ2n) is 10.00. The van der Waals surface area contributed by atoms with E-state index in [1.807, 2.05) is 7.05 Å². The Kier molecular flexibility index (Phi) is 8.69. The number of nitriles is 1. The number of ether oxygens (including phenoxy) is 3.